The average molecular weight is 304 g/mol. The summed E-state index contributed by atoms with van der Waals surface area (Å²) in [5, 5.41) is 0. The normalized spacial score (nSPS) is 11.1. The Hall–Kier alpha value is -0.0100. The topological polar surface area (TPSA) is 0 Å². The minimum absolute atomic E-state index is 0.607. The van der Waals surface area contributed by atoms with Crippen LogP contribution in [-0.4, -0.2) is 0 Å². The van der Waals surface area contributed by atoms with Gasteiger partial charge in [-0.3, -0.25) is 0 Å². The predicted octanol–water partition coefficient (Wildman–Crippen LogP) is 5.34. The fourth-order valence-electron chi connectivity index (χ4n) is 1.93. The maximum absolute atomic E-state index is 5.98. The summed E-state index contributed by atoms with van der Waals surface area (Å²) >= 11 is 9.62. The lowest BCUT2D eigenvalue weighted by molar-refractivity contribution is 0.644. The van der Waals surface area contributed by atoms with Crippen molar-refractivity contribution in [2.75, 3.05) is 0 Å². The van der Waals surface area contributed by atoms with Gasteiger partial charge in [-0.2, -0.15) is 0 Å². The third kappa shape index (κ3) is 3.78. The molecular weight excluding hydrogens is 284 g/mol. The lowest BCUT2D eigenvalue weighted by atomic mass is 9.96. The van der Waals surface area contributed by atoms with Crippen molar-refractivity contribution >= 4 is 27.5 Å². The van der Waals surface area contributed by atoms with Crippen molar-refractivity contribution in [3.8, 4) is 0 Å². The minimum atomic E-state index is 0.607. The van der Waals surface area contributed by atoms with Crippen molar-refractivity contribution in [1.82, 2.24) is 0 Å². The molecule has 0 aliphatic heterocycles. The first-order chi connectivity index (χ1) is 7.58. The zero-order chi connectivity index (χ0) is 12.1. The summed E-state index contributed by atoms with van der Waals surface area (Å²) in [5.74, 6) is 1.29. The average Bonchev–Trinajstić information content (AvgIpc) is 2.22. The molecule has 0 spiro atoms. The quantitative estimate of drug-likeness (QED) is 0.644. The van der Waals surface area contributed by atoms with Crippen LogP contribution in [0.5, 0.6) is 0 Å². The molecule has 0 saturated carbocycles. The summed E-state index contributed by atoms with van der Waals surface area (Å²) in [6.45, 7) is 6.71. The first-order valence-corrected chi connectivity index (χ1v) is 7.27. The lowest BCUT2D eigenvalue weighted by Crippen LogP contribution is -2.00. The molecule has 1 rings (SSSR count). The number of alkyl halides is 1. The maximum Gasteiger partial charge on any atom is 0.0477 e. The molecule has 1 aromatic carbocycles. The van der Waals surface area contributed by atoms with Gasteiger partial charge in [0.15, 0.2) is 0 Å². The first kappa shape index (κ1) is 14.1. The van der Waals surface area contributed by atoms with E-state index in [2.05, 4.69) is 48.8 Å². The standard InChI is InChI=1S/C14H20BrCl/c1-4-5-11-7-12(6-10(2)3)14(15)8-13(11)9-16/h7-8,10H,4-6,9H2,1-3H3. The van der Waals surface area contributed by atoms with E-state index < -0.39 is 0 Å². The molecule has 16 heavy (non-hydrogen) atoms. The third-order valence-electron chi connectivity index (χ3n) is 2.66. The highest BCUT2D eigenvalue weighted by molar-refractivity contribution is 9.10. The molecule has 0 radical (unpaired) electrons. The molecule has 1 aromatic rings. The molecule has 0 aliphatic carbocycles. The van der Waals surface area contributed by atoms with E-state index in [4.69, 9.17) is 11.6 Å². The van der Waals surface area contributed by atoms with Crippen LogP contribution in [0.3, 0.4) is 0 Å². The number of hydrogen-bond donors (Lipinski definition) is 0. The summed E-state index contributed by atoms with van der Waals surface area (Å²) < 4.78 is 1.21. The highest BCUT2D eigenvalue weighted by Gasteiger charge is 2.08. The van der Waals surface area contributed by atoms with Gasteiger partial charge in [-0.05, 0) is 41.5 Å². The summed E-state index contributed by atoms with van der Waals surface area (Å²) in [5.41, 5.74) is 4.09. The van der Waals surface area contributed by atoms with Crippen molar-refractivity contribution in [2.24, 2.45) is 5.92 Å². The van der Waals surface area contributed by atoms with Gasteiger partial charge < -0.3 is 0 Å². The molecule has 0 saturated heterocycles. The second-order valence-electron chi connectivity index (χ2n) is 4.69. The molecule has 0 aliphatic rings. The van der Waals surface area contributed by atoms with Crippen molar-refractivity contribution in [1.29, 1.82) is 0 Å². The molecule has 90 valence electrons. The van der Waals surface area contributed by atoms with E-state index in [0.717, 1.165) is 12.8 Å². The Labute approximate surface area is 113 Å². The first-order valence-electron chi connectivity index (χ1n) is 5.94. The van der Waals surface area contributed by atoms with E-state index in [1.54, 1.807) is 0 Å². The monoisotopic (exact) mass is 302 g/mol. The Morgan fingerprint density at radius 1 is 1.19 bits per heavy atom. The number of hydrogen-bond acceptors (Lipinski definition) is 0. The SMILES string of the molecule is CCCc1cc(CC(C)C)c(Br)cc1CCl. The Morgan fingerprint density at radius 3 is 2.38 bits per heavy atom. The van der Waals surface area contributed by atoms with Gasteiger partial charge in [-0.25, -0.2) is 0 Å². The summed E-state index contributed by atoms with van der Waals surface area (Å²) in [4.78, 5) is 0. The Balaban J connectivity index is 3.06. The molecule has 0 fully saturated rings. The number of halogens is 2. The molecule has 0 unspecified atom stereocenters. The van der Waals surface area contributed by atoms with Gasteiger partial charge in [0.1, 0.15) is 0 Å². The molecule has 0 N–H and O–H groups in total. The number of benzene rings is 1. The van der Waals surface area contributed by atoms with Gasteiger partial charge in [0, 0.05) is 10.4 Å². The van der Waals surface area contributed by atoms with Gasteiger partial charge in [-0.1, -0.05) is 49.2 Å². The Bertz CT molecular complexity index is 345. The lowest BCUT2D eigenvalue weighted by Gasteiger charge is -2.13. The second kappa shape index (κ2) is 6.66. The van der Waals surface area contributed by atoms with Gasteiger partial charge in [-0.15, -0.1) is 11.6 Å². The fraction of sp³-hybridized carbons (Fsp3) is 0.571. The van der Waals surface area contributed by atoms with Crippen molar-refractivity contribution in [3.63, 3.8) is 0 Å². The highest BCUT2D eigenvalue weighted by atomic mass is 79.9. The molecule has 0 aromatic heterocycles. The van der Waals surface area contributed by atoms with E-state index in [1.165, 1.54) is 27.6 Å². The molecule has 2 heteroatoms. The van der Waals surface area contributed by atoms with E-state index in [0.29, 0.717) is 11.8 Å². The molecular formula is C14H20BrCl. The van der Waals surface area contributed by atoms with E-state index in [-0.39, 0.29) is 0 Å². The minimum Gasteiger partial charge on any atom is -0.122 e. The van der Waals surface area contributed by atoms with Crippen LogP contribution < -0.4 is 0 Å². The number of rotatable bonds is 5. The van der Waals surface area contributed by atoms with Crippen LogP contribution in [0.1, 0.15) is 43.9 Å². The second-order valence-corrected chi connectivity index (χ2v) is 5.82. The molecule has 0 bridgehead atoms. The van der Waals surface area contributed by atoms with Gasteiger partial charge in [0.05, 0.1) is 0 Å². The van der Waals surface area contributed by atoms with E-state index >= 15 is 0 Å². The molecule has 0 heterocycles. The largest absolute Gasteiger partial charge is 0.122 e. The van der Waals surface area contributed by atoms with E-state index in [1.807, 2.05) is 0 Å². The van der Waals surface area contributed by atoms with Crippen LogP contribution in [0, 0.1) is 5.92 Å². The summed E-state index contributed by atoms with van der Waals surface area (Å²) in [6.07, 6.45) is 3.42. The van der Waals surface area contributed by atoms with Gasteiger partial charge >= 0.3 is 0 Å². The zero-order valence-corrected chi connectivity index (χ0v) is 12.7. The predicted molar refractivity (Wildman–Crippen MR) is 76.2 cm³/mol. The van der Waals surface area contributed by atoms with Crippen LogP contribution in [0.4, 0.5) is 0 Å². The van der Waals surface area contributed by atoms with Crippen LogP contribution in [0.25, 0.3) is 0 Å². The van der Waals surface area contributed by atoms with Crippen LogP contribution in [0.15, 0.2) is 16.6 Å². The van der Waals surface area contributed by atoms with Crippen molar-refractivity contribution in [3.05, 3.63) is 33.3 Å². The third-order valence-corrected chi connectivity index (χ3v) is 3.69. The molecule has 0 nitrogen and oxygen atoms in total. The Morgan fingerprint density at radius 2 is 1.88 bits per heavy atom. The van der Waals surface area contributed by atoms with Crippen LogP contribution in [-0.2, 0) is 18.7 Å². The van der Waals surface area contributed by atoms with Crippen molar-refractivity contribution < 1.29 is 0 Å². The number of aryl methyl sites for hydroxylation is 1. The van der Waals surface area contributed by atoms with Crippen LogP contribution in [0.2, 0.25) is 0 Å². The fourth-order valence-corrected chi connectivity index (χ4v) is 2.73. The summed E-state index contributed by atoms with van der Waals surface area (Å²) in [6, 6.07) is 4.51. The smallest absolute Gasteiger partial charge is 0.0477 e. The van der Waals surface area contributed by atoms with Gasteiger partial charge in [0.2, 0.25) is 0 Å². The van der Waals surface area contributed by atoms with E-state index in [9.17, 15) is 0 Å². The van der Waals surface area contributed by atoms with Crippen molar-refractivity contribution in [2.45, 2.75) is 45.9 Å². The highest BCUT2D eigenvalue weighted by Crippen LogP contribution is 2.26. The van der Waals surface area contributed by atoms with Crippen LogP contribution >= 0.6 is 27.5 Å². The molecule has 0 atom stereocenters. The maximum atomic E-state index is 5.98. The zero-order valence-electron chi connectivity index (χ0n) is 10.3. The van der Waals surface area contributed by atoms with Gasteiger partial charge in [0.25, 0.3) is 0 Å². The summed E-state index contributed by atoms with van der Waals surface area (Å²) in [7, 11) is 0. The Kier molecular flexibility index (Phi) is 5.85. The molecule has 0 amide bonds.